The molecule has 9 heteroatoms. The number of fused-ring (bicyclic) bond motifs is 2. The van der Waals surface area contributed by atoms with Gasteiger partial charge in [-0.2, -0.15) is 0 Å². The van der Waals surface area contributed by atoms with Crippen LogP contribution in [0.3, 0.4) is 0 Å². The van der Waals surface area contributed by atoms with Crippen LogP contribution in [0.4, 0.5) is 5.13 Å². The van der Waals surface area contributed by atoms with Crippen molar-refractivity contribution in [1.82, 2.24) is 4.98 Å². The summed E-state index contributed by atoms with van der Waals surface area (Å²) in [6.07, 6.45) is 1.89. The maximum Gasteiger partial charge on any atom is 0.301 e. The average Bonchev–Trinajstić information content (AvgIpc) is 3.51. The summed E-state index contributed by atoms with van der Waals surface area (Å²) in [4.78, 5) is 33.6. The topological polar surface area (TPSA) is 98.2 Å². The van der Waals surface area contributed by atoms with E-state index in [-0.39, 0.29) is 11.3 Å². The molecule has 3 aromatic carbocycles. The fourth-order valence-electron chi connectivity index (χ4n) is 5.26. The Hall–Kier alpha value is -4.37. The first-order valence-corrected chi connectivity index (χ1v) is 14.5. The van der Waals surface area contributed by atoms with Gasteiger partial charge < -0.3 is 19.3 Å². The van der Waals surface area contributed by atoms with Gasteiger partial charge in [-0.3, -0.25) is 14.5 Å². The van der Waals surface area contributed by atoms with Gasteiger partial charge in [0.05, 0.1) is 28.4 Å². The summed E-state index contributed by atoms with van der Waals surface area (Å²) in [5, 5.41) is 12.0. The highest BCUT2D eigenvalue weighted by molar-refractivity contribution is 7.22. The van der Waals surface area contributed by atoms with Crippen LogP contribution in [0.2, 0.25) is 0 Å². The van der Waals surface area contributed by atoms with Crippen LogP contribution in [-0.2, 0) is 9.59 Å². The van der Waals surface area contributed by atoms with Crippen molar-refractivity contribution in [3.8, 4) is 17.2 Å². The van der Waals surface area contributed by atoms with Crippen LogP contribution in [0.1, 0.15) is 48.1 Å². The van der Waals surface area contributed by atoms with Crippen molar-refractivity contribution in [2.45, 2.75) is 39.7 Å². The minimum Gasteiger partial charge on any atom is -0.507 e. The maximum atomic E-state index is 13.7. The molecule has 3 heterocycles. The van der Waals surface area contributed by atoms with Crippen LogP contribution in [0, 0.1) is 13.8 Å². The number of Topliss-reactive ketones (excluding diaryl/α,β-unsaturated/α-hetero) is 1. The lowest BCUT2D eigenvalue weighted by Crippen LogP contribution is -2.29. The summed E-state index contributed by atoms with van der Waals surface area (Å²) in [6.45, 7) is 7.43. The van der Waals surface area contributed by atoms with E-state index in [0.717, 1.165) is 34.2 Å². The molecule has 0 spiro atoms. The molecule has 0 saturated carbocycles. The van der Waals surface area contributed by atoms with Gasteiger partial charge in [0.1, 0.15) is 24.7 Å². The number of carbonyl (C=O) groups is 2. The monoisotopic (exact) mass is 570 g/mol. The number of ketones is 1. The van der Waals surface area contributed by atoms with Gasteiger partial charge in [0, 0.05) is 5.56 Å². The van der Waals surface area contributed by atoms with Crippen LogP contribution in [0.15, 0.2) is 60.2 Å². The molecule has 1 fully saturated rings. The van der Waals surface area contributed by atoms with Gasteiger partial charge in [-0.15, -0.1) is 0 Å². The lowest BCUT2D eigenvalue weighted by molar-refractivity contribution is -0.132. The molecule has 1 aromatic heterocycles. The Morgan fingerprint density at radius 1 is 1.07 bits per heavy atom. The molecule has 0 bridgehead atoms. The van der Waals surface area contributed by atoms with E-state index in [4.69, 9.17) is 19.2 Å². The quantitative estimate of drug-likeness (QED) is 0.117. The molecule has 6 rings (SSSR count). The molecule has 1 amide bonds. The second-order valence-corrected chi connectivity index (χ2v) is 11.2. The zero-order valence-corrected chi connectivity index (χ0v) is 23.9. The predicted octanol–water partition coefficient (Wildman–Crippen LogP) is 6.49. The van der Waals surface area contributed by atoms with E-state index in [0.29, 0.717) is 53.3 Å². The van der Waals surface area contributed by atoms with E-state index >= 15 is 0 Å². The smallest absolute Gasteiger partial charge is 0.301 e. The number of amides is 1. The van der Waals surface area contributed by atoms with E-state index in [1.807, 2.05) is 50.2 Å². The SMILES string of the molecule is CCCCOc1cccc(C2/C(=C(/O)c3ccc4c(c3)OCCO4)C(=O)C(=O)N2c2nc3c(C)cc(C)cc3s2)c1. The maximum absolute atomic E-state index is 13.7. The lowest BCUT2D eigenvalue weighted by Gasteiger charge is -2.24. The summed E-state index contributed by atoms with van der Waals surface area (Å²) < 4.78 is 18.2. The van der Waals surface area contributed by atoms with Crippen molar-refractivity contribution in [1.29, 1.82) is 0 Å². The molecule has 41 heavy (non-hydrogen) atoms. The Balaban J connectivity index is 1.51. The first-order chi connectivity index (χ1) is 19.9. The molecule has 1 atom stereocenters. The second-order valence-electron chi connectivity index (χ2n) is 10.2. The van der Waals surface area contributed by atoms with Crippen molar-refractivity contribution in [2.75, 3.05) is 24.7 Å². The molecule has 1 N–H and O–H groups in total. The molecule has 1 saturated heterocycles. The number of aliphatic hydroxyl groups is 1. The Kier molecular flexibility index (Phi) is 7.13. The van der Waals surface area contributed by atoms with Crippen molar-refractivity contribution < 1.29 is 28.9 Å². The number of thiazole rings is 1. The third kappa shape index (κ3) is 4.91. The van der Waals surface area contributed by atoms with E-state index in [2.05, 4.69) is 6.92 Å². The first kappa shape index (κ1) is 26.8. The number of aryl methyl sites for hydroxylation is 2. The number of rotatable bonds is 7. The zero-order valence-electron chi connectivity index (χ0n) is 23.1. The fourth-order valence-corrected chi connectivity index (χ4v) is 6.43. The minimum absolute atomic E-state index is 0.0236. The molecule has 8 nitrogen and oxygen atoms in total. The molecule has 1 unspecified atom stereocenters. The number of unbranched alkanes of at least 4 members (excludes halogenated alkanes) is 1. The van der Waals surface area contributed by atoms with E-state index in [9.17, 15) is 14.7 Å². The van der Waals surface area contributed by atoms with Gasteiger partial charge in [0.2, 0.25) is 0 Å². The summed E-state index contributed by atoms with van der Waals surface area (Å²) in [6, 6.07) is 15.4. The van der Waals surface area contributed by atoms with E-state index in [1.54, 1.807) is 18.2 Å². The van der Waals surface area contributed by atoms with Crippen molar-refractivity contribution in [3.63, 3.8) is 0 Å². The highest BCUT2D eigenvalue weighted by Gasteiger charge is 2.48. The van der Waals surface area contributed by atoms with Crippen LogP contribution in [-0.4, -0.2) is 41.6 Å². The standard InChI is InChI=1S/C32H30N2O6S/c1-4-5-11-38-22-8-6-7-20(16-22)28-26(29(35)21-9-10-23-24(17-21)40-13-12-39-23)30(36)31(37)34(28)32-33-27-19(3)14-18(2)15-25(27)41-32/h6-10,14-17,28,35H,4-5,11-13H2,1-3H3/b29-26-. The molecule has 0 aliphatic carbocycles. The Bertz CT molecular complexity index is 1710. The summed E-state index contributed by atoms with van der Waals surface area (Å²) in [5.74, 6) is -0.183. The number of aliphatic hydroxyl groups excluding tert-OH is 1. The average molecular weight is 571 g/mol. The Labute approximate surface area is 241 Å². The summed E-state index contributed by atoms with van der Waals surface area (Å²) >= 11 is 1.35. The predicted molar refractivity (Wildman–Crippen MR) is 158 cm³/mol. The van der Waals surface area contributed by atoms with E-state index < -0.39 is 17.7 Å². The van der Waals surface area contributed by atoms with Crippen molar-refractivity contribution in [2.24, 2.45) is 0 Å². The molecule has 210 valence electrons. The highest BCUT2D eigenvalue weighted by atomic mass is 32.1. The van der Waals surface area contributed by atoms with Crippen molar-refractivity contribution >= 4 is 44.1 Å². The summed E-state index contributed by atoms with van der Waals surface area (Å²) in [7, 11) is 0. The highest BCUT2D eigenvalue weighted by Crippen LogP contribution is 2.46. The lowest BCUT2D eigenvalue weighted by atomic mass is 9.95. The molecule has 2 aliphatic rings. The normalized spacial score (nSPS) is 17.8. The second kappa shape index (κ2) is 10.9. The van der Waals surface area contributed by atoms with Crippen LogP contribution in [0.25, 0.3) is 16.0 Å². The number of hydrogen-bond donors (Lipinski definition) is 1. The fraction of sp³-hybridized carbons (Fsp3) is 0.281. The third-order valence-corrected chi connectivity index (χ3v) is 8.23. The number of hydrogen-bond acceptors (Lipinski definition) is 8. The minimum atomic E-state index is -0.917. The molecule has 4 aromatic rings. The number of anilines is 1. The van der Waals surface area contributed by atoms with Gasteiger partial charge in [0.25, 0.3) is 5.78 Å². The molecular formula is C32H30N2O6S. The van der Waals surface area contributed by atoms with Crippen molar-refractivity contribution in [3.05, 3.63) is 82.4 Å². The Morgan fingerprint density at radius 2 is 1.88 bits per heavy atom. The van der Waals surface area contributed by atoms with Crippen LogP contribution >= 0.6 is 11.3 Å². The Morgan fingerprint density at radius 3 is 2.68 bits per heavy atom. The number of ether oxygens (including phenoxy) is 3. The number of carbonyl (C=O) groups excluding carboxylic acids is 2. The van der Waals surface area contributed by atoms with Crippen LogP contribution < -0.4 is 19.1 Å². The van der Waals surface area contributed by atoms with Gasteiger partial charge in [-0.05, 0) is 73.4 Å². The zero-order chi connectivity index (χ0) is 28.7. The van der Waals surface area contributed by atoms with Gasteiger partial charge in [-0.25, -0.2) is 4.98 Å². The van der Waals surface area contributed by atoms with Crippen LogP contribution in [0.5, 0.6) is 17.2 Å². The van der Waals surface area contributed by atoms with E-state index in [1.165, 1.54) is 16.2 Å². The van der Waals surface area contributed by atoms with Gasteiger partial charge in [0.15, 0.2) is 16.6 Å². The number of aromatic nitrogens is 1. The number of benzene rings is 3. The largest absolute Gasteiger partial charge is 0.507 e. The molecule has 0 radical (unpaired) electrons. The first-order valence-electron chi connectivity index (χ1n) is 13.7. The molecular weight excluding hydrogens is 540 g/mol. The number of nitrogens with zero attached hydrogens (tertiary/aromatic N) is 2. The van der Waals surface area contributed by atoms with Gasteiger partial charge >= 0.3 is 5.91 Å². The van der Waals surface area contributed by atoms with Gasteiger partial charge in [-0.1, -0.05) is 42.9 Å². The third-order valence-electron chi connectivity index (χ3n) is 7.23. The summed E-state index contributed by atoms with van der Waals surface area (Å²) in [5.41, 5.74) is 3.80. The molecule has 2 aliphatic heterocycles.